The number of hydrogen-bond acceptors (Lipinski definition) is 8. The summed E-state index contributed by atoms with van der Waals surface area (Å²) < 4.78 is 42.6. The van der Waals surface area contributed by atoms with Gasteiger partial charge in [-0.3, -0.25) is 4.79 Å². The predicted molar refractivity (Wildman–Crippen MR) is 104 cm³/mol. The molecule has 0 saturated carbocycles. The fraction of sp³-hybridized carbons (Fsp3) is 0.333. The fourth-order valence-corrected chi connectivity index (χ4v) is 3.80. The summed E-state index contributed by atoms with van der Waals surface area (Å²) in [5.74, 6) is 1.17. The molecule has 8 nitrogen and oxygen atoms in total. The van der Waals surface area contributed by atoms with Gasteiger partial charge in [-0.1, -0.05) is 12.0 Å². The van der Waals surface area contributed by atoms with E-state index in [4.69, 9.17) is 21.6 Å². The smallest absolute Gasteiger partial charge is 0.284 e. The molecule has 4 rings (SSSR count). The molecule has 2 aliphatic rings. The van der Waals surface area contributed by atoms with Crippen molar-refractivity contribution < 1.29 is 27.8 Å². The molecular weight excluding hydrogens is 410 g/mol. The highest BCUT2D eigenvalue weighted by Gasteiger charge is 2.52. The zero-order valence-electron chi connectivity index (χ0n) is 16.3. The van der Waals surface area contributed by atoms with E-state index in [1.54, 1.807) is 0 Å². The predicted octanol–water partition coefficient (Wildman–Crippen LogP) is 1.54. The number of rotatable bonds is 6. The van der Waals surface area contributed by atoms with Gasteiger partial charge in [0, 0.05) is 12.0 Å². The van der Waals surface area contributed by atoms with Gasteiger partial charge in [-0.2, -0.15) is 0 Å². The Labute approximate surface area is 176 Å². The molecule has 31 heavy (non-hydrogen) atoms. The molecule has 2 aliphatic heterocycles. The Bertz CT molecular complexity index is 1070. The molecule has 1 aromatic carbocycles. The number of aliphatic imine (C=N–C) groups is 1. The number of ether oxygens (including phenoxy) is 3. The number of nitrogens with two attached hydrogens (primary N) is 1. The number of carbonyl (C=O) groups excluding carboxylic acids is 1. The summed E-state index contributed by atoms with van der Waals surface area (Å²) in [6.45, 7) is -0.551. The van der Waals surface area contributed by atoms with Gasteiger partial charge in [-0.25, -0.2) is 23.7 Å². The molecule has 10 heteroatoms. The monoisotopic (exact) mass is 428 g/mol. The van der Waals surface area contributed by atoms with Crippen molar-refractivity contribution in [2.24, 2.45) is 16.6 Å². The highest BCUT2D eigenvalue weighted by molar-refractivity contribution is 5.95. The highest BCUT2D eigenvalue weighted by atomic mass is 19.1. The lowest BCUT2D eigenvalue weighted by Crippen LogP contribution is -2.48. The minimum Gasteiger partial charge on any atom is -0.459 e. The van der Waals surface area contributed by atoms with Crippen LogP contribution in [0, 0.1) is 24.1 Å². The molecule has 3 heterocycles. The van der Waals surface area contributed by atoms with E-state index >= 15 is 0 Å². The van der Waals surface area contributed by atoms with E-state index in [9.17, 15) is 13.6 Å². The van der Waals surface area contributed by atoms with Gasteiger partial charge in [0.1, 0.15) is 17.6 Å². The number of terminal acetylenes is 1. The van der Waals surface area contributed by atoms with Gasteiger partial charge >= 0.3 is 0 Å². The number of amidine groups is 1. The van der Waals surface area contributed by atoms with Crippen molar-refractivity contribution >= 4 is 11.8 Å². The first kappa shape index (κ1) is 20.7. The second-order valence-corrected chi connectivity index (χ2v) is 7.07. The number of Topliss-reactive ketones (excluding diaryl/α,β-unsaturated/α-hetero) is 1. The SMILES string of the molecule is C#C[C@]1(c2cc(CC(=O)c3cnc(OCF)cn3)ccc2F)N=C(N)O[C@@H]2COC[C@@H]21. The summed E-state index contributed by atoms with van der Waals surface area (Å²) in [7, 11) is 0. The van der Waals surface area contributed by atoms with Crippen LogP contribution in [0.5, 0.6) is 5.88 Å². The number of aromatic nitrogens is 2. The van der Waals surface area contributed by atoms with E-state index in [-0.39, 0.29) is 48.6 Å². The van der Waals surface area contributed by atoms with E-state index in [2.05, 4.69) is 25.6 Å². The molecular formula is C21H18F2N4O4. The second kappa shape index (κ2) is 8.28. The lowest BCUT2D eigenvalue weighted by atomic mass is 9.76. The topological polar surface area (TPSA) is 109 Å². The largest absolute Gasteiger partial charge is 0.459 e. The first-order valence-electron chi connectivity index (χ1n) is 9.37. The van der Waals surface area contributed by atoms with E-state index in [1.807, 2.05) is 0 Å². The van der Waals surface area contributed by atoms with Crippen LogP contribution in [0.15, 0.2) is 35.6 Å². The van der Waals surface area contributed by atoms with Gasteiger partial charge in [0.05, 0.1) is 31.5 Å². The maximum absolute atomic E-state index is 14.9. The molecule has 2 aromatic rings. The van der Waals surface area contributed by atoms with Crippen LogP contribution >= 0.6 is 0 Å². The van der Waals surface area contributed by atoms with Crippen LogP contribution in [0.3, 0.4) is 0 Å². The van der Waals surface area contributed by atoms with Crippen molar-refractivity contribution in [2.45, 2.75) is 18.1 Å². The third-order valence-electron chi connectivity index (χ3n) is 5.27. The number of nitrogens with zero attached hydrogens (tertiary/aromatic N) is 3. The molecule has 0 bridgehead atoms. The van der Waals surface area contributed by atoms with Gasteiger partial charge in [0.25, 0.3) is 6.02 Å². The van der Waals surface area contributed by atoms with Gasteiger partial charge in [-0.05, 0) is 17.7 Å². The molecule has 1 aromatic heterocycles. The van der Waals surface area contributed by atoms with Crippen LogP contribution in [0.2, 0.25) is 0 Å². The van der Waals surface area contributed by atoms with Gasteiger partial charge in [0.2, 0.25) is 12.7 Å². The van der Waals surface area contributed by atoms with Crippen molar-refractivity contribution in [2.75, 3.05) is 20.1 Å². The van der Waals surface area contributed by atoms with Crippen LogP contribution in [-0.4, -0.2) is 48.0 Å². The molecule has 2 N–H and O–H groups in total. The van der Waals surface area contributed by atoms with Crippen LogP contribution in [-0.2, 0) is 21.4 Å². The zero-order valence-corrected chi connectivity index (χ0v) is 16.3. The number of alkyl halides is 1. The number of carbonyl (C=O) groups is 1. The molecule has 1 fully saturated rings. The average molecular weight is 428 g/mol. The minimum absolute atomic E-state index is 0.0395. The molecule has 0 aliphatic carbocycles. The average Bonchev–Trinajstić information content (AvgIpc) is 3.24. The second-order valence-electron chi connectivity index (χ2n) is 7.07. The Morgan fingerprint density at radius 2 is 2.19 bits per heavy atom. The summed E-state index contributed by atoms with van der Waals surface area (Å²) in [5, 5.41) is 0. The molecule has 3 atom stereocenters. The zero-order chi connectivity index (χ0) is 22.0. The van der Waals surface area contributed by atoms with Crippen molar-refractivity contribution in [3.8, 4) is 18.2 Å². The molecule has 0 radical (unpaired) electrons. The number of benzene rings is 1. The summed E-state index contributed by atoms with van der Waals surface area (Å²) in [6.07, 6.45) is 7.62. The number of halogens is 2. The van der Waals surface area contributed by atoms with Crippen LogP contribution in [0.4, 0.5) is 8.78 Å². The third-order valence-corrected chi connectivity index (χ3v) is 5.27. The van der Waals surface area contributed by atoms with Gasteiger partial charge in [0.15, 0.2) is 11.3 Å². The number of ketones is 1. The Hall–Kier alpha value is -3.58. The maximum Gasteiger partial charge on any atom is 0.284 e. The summed E-state index contributed by atoms with van der Waals surface area (Å²) >= 11 is 0. The van der Waals surface area contributed by atoms with Crippen molar-refractivity contribution in [3.63, 3.8) is 0 Å². The normalized spacial score (nSPS) is 24.5. The minimum atomic E-state index is -1.42. The Morgan fingerprint density at radius 3 is 2.90 bits per heavy atom. The Kier molecular flexibility index (Phi) is 5.52. The lowest BCUT2D eigenvalue weighted by Gasteiger charge is -2.37. The molecule has 1 saturated heterocycles. The summed E-state index contributed by atoms with van der Waals surface area (Å²) in [5.41, 5.74) is 5.06. The Balaban J connectivity index is 1.65. The quantitative estimate of drug-likeness (QED) is 0.549. The molecule has 0 spiro atoms. The van der Waals surface area contributed by atoms with Crippen molar-refractivity contribution in [1.29, 1.82) is 0 Å². The molecule has 160 valence electrons. The first-order valence-corrected chi connectivity index (χ1v) is 9.37. The van der Waals surface area contributed by atoms with Crippen LogP contribution in [0.25, 0.3) is 0 Å². The van der Waals surface area contributed by atoms with Gasteiger partial charge in [-0.15, -0.1) is 6.42 Å². The van der Waals surface area contributed by atoms with E-state index in [1.165, 1.54) is 24.4 Å². The van der Waals surface area contributed by atoms with Crippen molar-refractivity contribution in [3.05, 3.63) is 53.2 Å². The summed E-state index contributed by atoms with van der Waals surface area (Å²) in [4.78, 5) is 24.6. The first-order chi connectivity index (χ1) is 15.0. The summed E-state index contributed by atoms with van der Waals surface area (Å²) in [6, 6.07) is 4.06. The van der Waals surface area contributed by atoms with E-state index in [0.717, 1.165) is 6.20 Å². The van der Waals surface area contributed by atoms with E-state index in [0.29, 0.717) is 5.56 Å². The van der Waals surface area contributed by atoms with Crippen LogP contribution in [0.1, 0.15) is 21.6 Å². The molecule has 0 amide bonds. The van der Waals surface area contributed by atoms with Crippen LogP contribution < -0.4 is 10.5 Å². The lowest BCUT2D eigenvalue weighted by molar-refractivity contribution is 0.0938. The van der Waals surface area contributed by atoms with Crippen molar-refractivity contribution in [1.82, 2.24) is 9.97 Å². The third kappa shape index (κ3) is 3.80. The molecule has 0 unspecified atom stereocenters. The maximum atomic E-state index is 14.9. The number of fused-ring (bicyclic) bond motifs is 1. The highest BCUT2D eigenvalue weighted by Crippen LogP contribution is 2.43. The standard InChI is InChI=1S/C21H18F2N4O4/c1-2-21(14-9-29-10-18(14)31-20(24)27-21)13-5-12(3-4-15(13)23)6-17(28)16-7-26-19(8-25-16)30-11-22/h1,3-5,7-8,14,18H,6,9-11H2,(H2,24,27)/t14-,18+,21+/m0/s1. The van der Waals surface area contributed by atoms with Gasteiger partial charge < -0.3 is 19.9 Å². The number of hydrogen-bond donors (Lipinski definition) is 1. The Morgan fingerprint density at radius 1 is 1.35 bits per heavy atom. The van der Waals surface area contributed by atoms with E-state index < -0.39 is 30.2 Å². The fourth-order valence-electron chi connectivity index (χ4n) is 3.80.